The maximum atomic E-state index is 13.4. The van der Waals surface area contributed by atoms with E-state index in [2.05, 4.69) is 67.8 Å². The zero-order valence-electron chi connectivity index (χ0n) is 56.1. The highest BCUT2D eigenvalue weighted by Crippen LogP contribution is 2.33. The summed E-state index contributed by atoms with van der Waals surface area (Å²) < 4.78 is 34.3. The molecule has 3 fully saturated rings. The second-order valence-corrected chi connectivity index (χ2v) is 25.7. The van der Waals surface area contributed by atoms with Gasteiger partial charge in [-0.1, -0.05) is 235 Å². The van der Waals surface area contributed by atoms with Crippen molar-refractivity contribution in [2.75, 3.05) is 26.4 Å². The van der Waals surface area contributed by atoms with Gasteiger partial charge in [0.15, 0.2) is 18.9 Å². The van der Waals surface area contributed by atoms with Crippen molar-refractivity contribution in [3.8, 4) is 0 Å². The van der Waals surface area contributed by atoms with E-state index in [1.54, 1.807) is 6.08 Å². The third kappa shape index (κ3) is 35.4. The van der Waals surface area contributed by atoms with Crippen LogP contribution in [0, 0.1) is 0 Å². The molecule has 19 nitrogen and oxygen atoms in total. The molecule has 3 saturated heterocycles. The molecule has 0 aromatic rings. The van der Waals surface area contributed by atoms with Gasteiger partial charge in [0.2, 0.25) is 5.91 Å². The summed E-state index contributed by atoms with van der Waals surface area (Å²) in [5.41, 5.74) is 0. The number of aliphatic hydroxyl groups is 11. The summed E-state index contributed by atoms with van der Waals surface area (Å²) in [6, 6.07) is -1.00. The number of carbonyl (C=O) groups excluding carboxylic acids is 1. The fourth-order valence-corrected chi connectivity index (χ4v) is 11.9. The maximum Gasteiger partial charge on any atom is 0.220 e. The minimum Gasteiger partial charge on any atom is -0.394 e. The average molecular weight is 1300 g/mol. The lowest BCUT2D eigenvalue weighted by Crippen LogP contribution is -2.66. The summed E-state index contributed by atoms with van der Waals surface area (Å²) in [5.74, 6) is -0.298. The second kappa shape index (κ2) is 53.6. The van der Waals surface area contributed by atoms with Gasteiger partial charge < -0.3 is 89.9 Å². The predicted octanol–water partition coefficient (Wildman–Crippen LogP) is 9.94. The fourth-order valence-electron chi connectivity index (χ4n) is 11.9. The summed E-state index contributed by atoms with van der Waals surface area (Å²) in [5, 5.41) is 121. The SMILES string of the molecule is CCCCC/C=C\C/C=C\CCCCCCCCCC(=O)NC(COC1OC(CO)C(OC2OC(CO)C(OC3OC(CO)C(O)C(O)C3O)C(O)C2O)C(O)C1O)C(O)/C=C/CC/C=C/CC/C=C/CCCCCCCCCCCCCCCCCCCCC. The van der Waals surface area contributed by atoms with Gasteiger partial charge in [-0.05, 0) is 77.0 Å². The first-order valence-electron chi connectivity index (χ1n) is 36.0. The van der Waals surface area contributed by atoms with Crippen LogP contribution in [-0.2, 0) is 33.2 Å². The normalized spacial score (nSPS) is 28.2. The van der Waals surface area contributed by atoms with Gasteiger partial charge in [0.1, 0.15) is 73.2 Å². The number of ether oxygens (including phenoxy) is 6. The van der Waals surface area contributed by atoms with Crippen molar-refractivity contribution in [3.63, 3.8) is 0 Å². The Balaban J connectivity index is 1.43. The van der Waals surface area contributed by atoms with E-state index >= 15 is 0 Å². The van der Waals surface area contributed by atoms with Gasteiger partial charge in [-0.3, -0.25) is 4.79 Å². The number of carbonyl (C=O) groups is 1. The van der Waals surface area contributed by atoms with Gasteiger partial charge in [0.05, 0.1) is 38.6 Å². The highest BCUT2D eigenvalue weighted by atomic mass is 16.8. The third-order valence-corrected chi connectivity index (χ3v) is 17.8. The Morgan fingerprint density at radius 3 is 1.19 bits per heavy atom. The van der Waals surface area contributed by atoms with E-state index < -0.39 is 124 Å². The van der Waals surface area contributed by atoms with Crippen LogP contribution < -0.4 is 5.32 Å². The molecule has 1 amide bonds. The molecule has 530 valence electrons. The Bertz CT molecular complexity index is 1890. The molecule has 12 N–H and O–H groups in total. The monoisotopic (exact) mass is 1300 g/mol. The van der Waals surface area contributed by atoms with Gasteiger partial charge in [0, 0.05) is 6.42 Å². The number of hydrogen-bond donors (Lipinski definition) is 12. The molecule has 0 radical (unpaired) electrons. The topological polar surface area (TPSA) is 307 Å². The molecule has 0 bridgehead atoms. The maximum absolute atomic E-state index is 13.4. The predicted molar refractivity (Wildman–Crippen MR) is 355 cm³/mol. The molecule has 0 aliphatic carbocycles. The van der Waals surface area contributed by atoms with Crippen LogP contribution in [0.2, 0.25) is 0 Å². The lowest BCUT2D eigenvalue weighted by Gasteiger charge is -2.48. The first kappa shape index (κ1) is 82.7. The van der Waals surface area contributed by atoms with Crippen LogP contribution in [-0.4, -0.2) is 193 Å². The van der Waals surface area contributed by atoms with E-state index in [1.165, 1.54) is 141 Å². The Kier molecular flexibility index (Phi) is 48.7. The third-order valence-electron chi connectivity index (χ3n) is 17.8. The van der Waals surface area contributed by atoms with Crippen LogP contribution in [0.4, 0.5) is 0 Å². The van der Waals surface area contributed by atoms with Gasteiger partial charge in [-0.25, -0.2) is 0 Å². The molecule has 17 unspecified atom stereocenters. The number of hydrogen-bond acceptors (Lipinski definition) is 18. The van der Waals surface area contributed by atoms with Crippen LogP contribution in [0.25, 0.3) is 0 Å². The lowest BCUT2D eigenvalue weighted by molar-refractivity contribution is -0.379. The quantitative estimate of drug-likeness (QED) is 0.0199. The fraction of sp³-hybridized carbons (Fsp3) is 0.847. The van der Waals surface area contributed by atoms with Crippen LogP contribution in [0.5, 0.6) is 0 Å². The molecular formula is C72H129NO18. The minimum absolute atomic E-state index is 0.221. The average Bonchev–Trinajstić information content (AvgIpc) is 0.885. The van der Waals surface area contributed by atoms with Crippen molar-refractivity contribution in [2.24, 2.45) is 0 Å². The zero-order valence-corrected chi connectivity index (χ0v) is 56.1. The molecule has 3 aliphatic rings. The van der Waals surface area contributed by atoms with Gasteiger partial charge in [-0.15, -0.1) is 0 Å². The molecule has 3 aliphatic heterocycles. The molecule has 91 heavy (non-hydrogen) atoms. The Morgan fingerprint density at radius 2 is 0.736 bits per heavy atom. The molecule has 3 heterocycles. The molecule has 0 spiro atoms. The van der Waals surface area contributed by atoms with Crippen molar-refractivity contribution < 1.29 is 89.4 Å². The Labute approximate surface area is 547 Å². The molecule has 19 heteroatoms. The molecule has 0 saturated carbocycles. The standard InChI is InChI=1S/C72H129NO18/c1-3-5-7-9-11-13-15-17-19-21-22-23-24-25-26-27-28-29-30-31-32-34-35-37-39-41-43-45-47-49-56(77)55(73-60(78)50-48-46-44-42-40-38-36-33-20-18-16-14-12-10-8-6-4-2)54-86-70-66(84)63(81)68(58(52-75)88-70)91-72-67(85)64(82)69(59(53-76)89-72)90-71-65(83)62(80)61(79)57(51-74)87-71/h12,14,18,20,32,34,39,41,47,49,55-59,61-72,74-77,79-85H,3-11,13,15-17,19,21-31,33,35-38,40,42-46,48,50-54H2,1-2H3,(H,73,78)/b14-12-,20-18-,34-32+,41-39+,49-47+. The van der Waals surface area contributed by atoms with Crippen molar-refractivity contribution in [1.82, 2.24) is 5.32 Å². The molecule has 17 atom stereocenters. The van der Waals surface area contributed by atoms with Gasteiger partial charge >= 0.3 is 0 Å². The van der Waals surface area contributed by atoms with Gasteiger partial charge in [0.25, 0.3) is 0 Å². The number of aliphatic hydroxyl groups excluding tert-OH is 11. The smallest absolute Gasteiger partial charge is 0.220 e. The highest BCUT2D eigenvalue weighted by Gasteiger charge is 2.53. The zero-order chi connectivity index (χ0) is 66.1. The second-order valence-electron chi connectivity index (χ2n) is 25.7. The van der Waals surface area contributed by atoms with E-state index in [1.807, 2.05) is 6.08 Å². The highest BCUT2D eigenvalue weighted by molar-refractivity contribution is 5.76. The van der Waals surface area contributed by atoms with E-state index in [0.717, 1.165) is 83.5 Å². The van der Waals surface area contributed by atoms with E-state index in [-0.39, 0.29) is 18.9 Å². The van der Waals surface area contributed by atoms with Crippen molar-refractivity contribution in [3.05, 3.63) is 60.8 Å². The van der Waals surface area contributed by atoms with E-state index in [0.29, 0.717) is 12.8 Å². The van der Waals surface area contributed by atoms with E-state index in [9.17, 15) is 61.0 Å². The summed E-state index contributed by atoms with van der Waals surface area (Å²) >= 11 is 0. The van der Waals surface area contributed by atoms with Crippen LogP contribution in [0.3, 0.4) is 0 Å². The van der Waals surface area contributed by atoms with Crippen molar-refractivity contribution >= 4 is 5.91 Å². The first-order chi connectivity index (χ1) is 44.3. The summed E-state index contributed by atoms with van der Waals surface area (Å²) in [4.78, 5) is 13.4. The van der Waals surface area contributed by atoms with Gasteiger partial charge in [-0.2, -0.15) is 0 Å². The summed E-state index contributed by atoms with van der Waals surface area (Å²) in [6.07, 6.45) is 39.2. The van der Waals surface area contributed by atoms with Crippen LogP contribution in [0.15, 0.2) is 60.8 Å². The number of rotatable bonds is 55. The summed E-state index contributed by atoms with van der Waals surface area (Å²) in [6.45, 7) is 1.69. The largest absolute Gasteiger partial charge is 0.394 e. The number of nitrogens with one attached hydrogen (secondary N) is 1. The van der Waals surface area contributed by atoms with Crippen molar-refractivity contribution in [1.29, 1.82) is 0 Å². The summed E-state index contributed by atoms with van der Waals surface area (Å²) in [7, 11) is 0. The van der Waals surface area contributed by atoms with Crippen LogP contribution >= 0.6 is 0 Å². The molecule has 0 aromatic carbocycles. The minimum atomic E-state index is -1.99. The number of unbranched alkanes of at least 4 members (excludes halogenated alkanes) is 31. The Morgan fingerprint density at radius 1 is 0.396 bits per heavy atom. The number of allylic oxidation sites excluding steroid dienone is 9. The molecule has 3 rings (SSSR count). The lowest BCUT2D eigenvalue weighted by atomic mass is 9.96. The molecular weight excluding hydrogens is 1170 g/mol. The van der Waals surface area contributed by atoms with E-state index in [4.69, 9.17) is 28.4 Å². The number of amides is 1. The van der Waals surface area contributed by atoms with Crippen molar-refractivity contribution in [2.45, 2.75) is 362 Å². The molecule has 0 aromatic heterocycles. The first-order valence-corrected chi connectivity index (χ1v) is 36.0. The Hall–Kier alpha value is -2.51. The van der Waals surface area contributed by atoms with Crippen LogP contribution in [0.1, 0.15) is 258 Å².